The van der Waals surface area contributed by atoms with Crippen molar-refractivity contribution in [3.8, 4) is 0 Å². The average molecular weight is 265 g/mol. The van der Waals surface area contributed by atoms with Gasteiger partial charge in [0.15, 0.2) is 0 Å². The van der Waals surface area contributed by atoms with Gasteiger partial charge in [0.2, 0.25) is 5.91 Å². The second kappa shape index (κ2) is 6.65. The Morgan fingerprint density at radius 3 is 2.84 bits per heavy atom. The highest BCUT2D eigenvalue weighted by Gasteiger charge is 2.26. The molecule has 6 nitrogen and oxygen atoms in total. The molecule has 1 aromatic rings. The highest BCUT2D eigenvalue weighted by atomic mass is 16.2. The number of carbonyl (C=O) groups is 1. The summed E-state index contributed by atoms with van der Waals surface area (Å²) in [5.74, 6) is 0.101. The van der Waals surface area contributed by atoms with Crippen molar-refractivity contribution >= 4 is 5.91 Å². The van der Waals surface area contributed by atoms with Crippen molar-refractivity contribution in [3.05, 3.63) is 11.9 Å². The van der Waals surface area contributed by atoms with Gasteiger partial charge in [-0.1, -0.05) is 6.42 Å². The number of piperidine rings is 1. The first-order valence-corrected chi connectivity index (χ1v) is 7.04. The summed E-state index contributed by atoms with van der Waals surface area (Å²) in [4.78, 5) is 14.2. The number of hydrogen-bond acceptors (Lipinski definition) is 4. The zero-order chi connectivity index (χ0) is 13.7. The van der Waals surface area contributed by atoms with Crippen LogP contribution in [0.4, 0.5) is 0 Å². The molecule has 19 heavy (non-hydrogen) atoms. The van der Waals surface area contributed by atoms with Crippen molar-refractivity contribution in [1.82, 2.24) is 25.6 Å². The number of H-pyrrole nitrogens is 1. The van der Waals surface area contributed by atoms with Crippen LogP contribution in [0.15, 0.2) is 6.20 Å². The summed E-state index contributed by atoms with van der Waals surface area (Å²) in [5, 5.41) is 13.2. The molecule has 0 aliphatic carbocycles. The van der Waals surface area contributed by atoms with Gasteiger partial charge in [0.1, 0.15) is 0 Å². The molecule has 106 valence electrons. The van der Waals surface area contributed by atoms with Crippen LogP contribution in [0, 0.1) is 0 Å². The molecular formula is C13H23N5O. The highest BCUT2D eigenvalue weighted by Crippen LogP contribution is 2.21. The number of nitrogens with one attached hydrogen (secondary N) is 2. The number of likely N-dealkylation sites (tertiary alicyclic amines) is 1. The Morgan fingerprint density at radius 1 is 1.47 bits per heavy atom. The minimum atomic E-state index is 0.101. The summed E-state index contributed by atoms with van der Waals surface area (Å²) in [7, 11) is 0. The minimum Gasteiger partial charge on any atom is -0.355 e. The lowest BCUT2D eigenvalue weighted by Crippen LogP contribution is -2.48. The number of hydrogen-bond donors (Lipinski definition) is 2. The van der Waals surface area contributed by atoms with Crippen LogP contribution >= 0.6 is 0 Å². The molecule has 1 aliphatic heterocycles. The zero-order valence-electron chi connectivity index (χ0n) is 11.7. The third kappa shape index (κ3) is 4.02. The lowest BCUT2D eigenvalue weighted by Gasteiger charge is -2.38. The van der Waals surface area contributed by atoms with Crippen LogP contribution in [0.25, 0.3) is 0 Å². The fourth-order valence-electron chi connectivity index (χ4n) is 2.68. The molecule has 2 heterocycles. The molecule has 0 aromatic carbocycles. The molecule has 0 unspecified atom stereocenters. The van der Waals surface area contributed by atoms with Crippen LogP contribution < -0.4 is 5.32 Å². The third-order valence-corrected chi connectivity index (χ3v) is 3.87. The van der Waals surface area contributed by atoms with Crippen molar-refractivity contribution in [2.45, 2.75) is 51.6 Å². The molecule has 1 aromatic heterocycles. The van der Waals surface area contributed by atoms with Crippen LogP contribution in [-0.4, -0.2) is 51.4 Å². The predicted molar refractivity (Wildman–Crippen MR) is 72.6 cm³/mol. The Kier molecular flexibility index (Phi) is 4.90. The maximum atomic E-state index is 11.9. The summed E-state index contributed by atoms with van der Waals surface area (Å²) < 4.78 is 0. The Hall–Kier alpha value is -1.43. The molecule has 1 saturated heterocycles. The van der Waals surface area contributed by atoms with Gasteiger partial charge < -0.3 is 5.32 Å². The van der Waals surface area contributed by atoms with E-state index < -0.39 is 0 Å². The first-order valence-electron chi connectivity index (χ1n) is 7.04. The van der Waals surface area contributed by atoms with Crippen LogP contribution in [0.2, 0.25) is 0 Å². The molecule has 0 bridgehead atoms. The summed E-state index contributed by atoms with van der Waals surface area (Å²) in [5.41, 5.74) is 0.875. The van der Waals surface area contributed by atoms with E-state index in [0.29, 0.717) is 31.6 Å². The monoisotopic (exact) mass is 265 g/mol. The molecule has 1 aliphatic rings. The largest absolute Gasteiger partial charge is 0.355 e. The lowest BCUT2D eigenvalue weighted by molar-refractivity contribution is -0.123. The van der Waals surface area contributed by atoms with E-state index in [1.54, 1.807) is 6.20 Å². The molecule has 0 radical (unpaired) electrons. The van der Waals surface area contributed by atoms with Crippen LogP contribution in [0.5, 0.6) is 0 Å². The average Bonchev–Trinajstić information content (AvgIpc) is 2.87. The van der Waals surface area contributed by atoms with E-state index in [9.17, 15) is 4.79 Å². The fraction of sp³-hybridized carbons (Fsp3) is 0.769. The van der Waals surface area contributed by atoms with E-state index in [4.69, 9.17) is 0 Å². The van der Waals surface area contributed by atoms with Crippen molar-refractivity contribution in [2.75, 3.05) is 13.1 Å². The smallest absolute Gasteiger partial charge is 0.234 e. The van der Waals surface area contributed by atoms with Crippen molar-refractivity contribution in [1.29, 1.82) is 0 Å². The SMILES string of the molecule is C[C@@H]1CCC[C@H](C)N1CC(=O)NCCc1cn[nH]n1. The molecule has 2 N–H and O–H groups in total. The molecule has 2 rings (SSSR count). The lowest BCUT2D eigenvalue weighted by atomic mass is 9.97. The number of amides is 1. The minimum absolute atomic E-state index is 0.101. The van der Waals surface area contributed by atoms with Gasteiger partial charge in [-0.05, 0) is 26.7 Å². The molecule has 0 spiro atoms. The van der Waals surface area contributed by atoms with E-state index in [0.717, 1.165) is 5.69 Å². The molecule has 1 fully saturated rings. The number of nitrogens with zero attached hydrogens (tertiary/aromatic N) is 3. The normalized spacial score (nSPS) is 24.3. The van der Waals surface area contributed by atoms with Crippen molar-refractivity contribution in [2.24, 2.45) is 0 Å². The second-order valence-electron chi connectivity index (χ2n) is 5.36. The first kappa shape index (κ1) is 14.0. The Bertz CT molecular complexity index is 382. The van der Waals surface area contributed by atoms with Gasteiger partial charge in [0.05, 0.1) is 18.4 Å². The Labute approximate surface area is 113 Å². The van der Waals surface area contributed by atoms with Gasteiger partial charge in [0.25, 0.3) is 0 Å². The molecule has 2 atom stereocenters. The summed E-state index contributed by atoms with van der Waals surface area (Å²) in [6.07, 6.45) is 6.05. The molecule has 6 heteroatoms. The number of carbonyl (C=O) groups excluding carboxylic acids is 1. The van der Waals surface area contributed by atoms with Gasteiger partial charge in [0, 0.05) is 25.0 Å². The molecule has 1 amide bonds. The van der Waals surface area contributed by atoms with Crippen LogP contribution in [-0.2, 0) is 11.2 Å². The third-order valence-electron chi connectivity index (χ3n) is 3.87. The zero-order valence-corrected chi connectivity index (χ0v) is 11.7. The van der Waals surface area contributed by atoms with Crippen LogP contribution in [0.1, 0.15) is 38.8 Å². The summed E-state index contributed by atoms with van der Waals surface area (Å²) >= 11 is 0. The summed E-state index contributed by atoms with van der Waals surface area (Å²) in [6.45, 7) is 5.53. The topological polar surface area (TPSA) is 73.9 Å². The fourth-order valence-corrected chi connectivity index (χ4v) is 2.68. The number of rotatable bonds is 5. The quantitative estimate of drug-likeness (QED) is 0.823. The molecule has 0 saturated carbocycles. The van der Waals surface area contributed by atoms with Crippen molar-refractivity contribution in [3.63, 3.8) is 0 Å². The van der Waals surface area contributed by atoms with Gasteiger partial charge in [-0.3, -0.25) is 9.69 Å². The van der Waals surface area contributed by atoms with E-state index in [-0.39, 0.29) is 5.91 Å². The summed E-state index contributed by atoms with van der Waals surface area (Å²) in [6, 6.07) is 1.01. The maximum Gasteiger partial charge on any atom is 0.234 e. The van der Waals surface area contributed by atoms with Gasteiger partial charge in [-0.25, -0.2) is 0 Å². The van der Waals surface area contributed by atoms with E-state index in [1.165, 1.54) is 19.3 Å². The Balaban J connectivity index is 1.71. The second-order valence-corrected chi connectivity index (χ2v) is 5.36. The van der Waals surface area contributed by atoms with Gasteiger partial charge >= 0.3 is 0 Å². The Morgan fingerprint density at radius 2 is 2.21 bits per heavy atom. The maximum absolute atomic E-state index is 11.9. The van der Waals surface area contributed by atoms with E-state index >= 15 is 0 Å². The first-order chi connectivity index (χ1) is 9.16. The molecular weight excluding hydrogens is 242 g/mol. The van der Waals surface area contributed by atoms with E-state index in [2.05, 4.69) is 39.5 Å². The number of aromatic nitrogens is 3. The van der Waals surface area contributed by atoms with Gasteiger partial charge in [-0.15, -0.1) is 0 Å². The predicted octanol–water partition coefficient (Wildman–Crippen LogP) is 0.726. The van der Waals surface area contributed by atoms with E-state index in [1.807, 2.05) is 0 Å². The highest BCUT2D eigenvalue weighted by molar-refractivity contribution is 5.78. The van der Waals surface area contributed by atoms with Gasteiger partial charge in [-0.2, -0.15) is 15.4 Å². The van der Waals surface area contributed by atoms with Crippen LogP contribution in [0.3, 0.4) is 0 Å². The standard InChI is InChI=1S/C13H23N5O/c1-10-4-3-5-11(2)18(10)9-13(19)14-7-6-12-8-15-17-16-12/h8,10-11H,3-7,9H2,1-2H3,(H,14,19)(H,15,16,17)/t10-,11+. The van der Waals surface area contributed by atoms with Crippen molar-refractivity contribution < 1.29 is 4.79 Å². The number of aromatic amines is 1.